The van der Waals surface area contributed by atoms with E-state index in [-0.39, 0.29) is 29.4 Å². The number of aromatic hydroxyl groups is 1. The molecule has 0 atom stereocenters. The van der Waals surface area contributed by atoms with Crippen molar-refractivity contribution in [3.63, 3.8) is 0 Å². The number of aliphatic hydroxyl groups is 3. The third-order valence-corrected chi connectivity index (χ3v) is 4.09. The summed E-state index contributed by atoms with van der Waals surface area (Å²) in [5.41, 5.74) is 3.89. The van der Waals surface area contributed by atoms with E-state index in [0.717, 1.165) is 11.1 Å². The lowest BCUT2D eigenvalue weighted by molar-refractivity contribution is 0.412. The maximum Gasteiger partial charge on any atom is 0.119 e. The lowest BCUT2D eigenvalue weighted by atomic mass is 9.88. The molecule has 144 valence electrons. The van der Waals surface area contributed by atoms with Gasteiger partial charge in [0, 0.05) is 17.6 Å². The summed E-state index contributed by atoms with van der Waals surface area (Å²) in [6.07, 6.45) is 4.68. The predicted molar refractivity (Wildman–Crippen MR) is 113 cm³/mol. The van der Waals surface area contributed by atoms with Gasteiger partial charge in [0.25, 0.3) is 0 Å². The first kappa shape index (κ1) is 21.9. The summed E-state index contributed by atoms with van der Waals surface area (Å²) < 4.78 is 0. The van der Waals surface area contributed by atoms with Gasteiger partial charge in [-0.05, 0) is 68.7 Å². The van der Waals surface area contributed by atoms with E-state index in [2.05, 4.69) is 13.2 Å². The van der Waals surface area contributed by atoms with Gasteiger partial charge in [-0.25, -0.2) is 0 Å². The van der Waals surface area contributed by atoms with Gasteiger partial charge in [0.2, 0.25) is 0 Å². The molecule has 4 nitrogen and oxygen atoms in total. The number of hydrogen-bond donors (Lipinski definition) is 4. The fraction of sp³-hybridized carbons (Fsp3) is 0.217. The van der Waals surface area contributed by atoms with Gasteiger partial charge in [0.15, 0.2) is 0 Å². The van der Waals surface area contributed by atoms with Gasteiger partial charge in [0.1, 0.15) is 11.5 Å². The Morgan fingerprint density at radius 3 is 2.11 bits per heavy atom. The molecule has 1 rings (SSSR count). The normalized spacial score (nSPS) is 13.4. The molecule has 0 aliphatic rings. The molecule has 0 saturated heterocycles. The van der Waals surface area contributed by atoms with Crippen LogP contribution in [0.4, 0.5) is 0 Å². The Kier molecular flexibility index (Phi) is 7.73. The molecule has 0 amide bonds. The van der Waals surface area contributed by atoms with E-state index >= 15 is 0 Å². The van der Waals surface area contributed by atoms with Crippen molar-refractivity contribution in [3.8, 4) is 5.75 Å². The summed E-state index contributed by atoms with van der Waals surface area (Å²) in [5.74, 6) is 0.149. The highest BCUT2D eigenvalue weighted by atomic mass is 16.3. The van der Waals surface area contributed by atoms with Crippen molar-refractivity contribution >= 4 is 11.6 Å². The second kappa shape index (κ2) is 9.53. The van der Waals surface area contributed by atoms with E-state index in [9.17, 15) is 20.4 Å². The van der Waals surface area contributed by atoms with Crippen LogP contribution >= 0.6 is 0 Å². The van der Waals surface area contributed by atoms with E-state index in [4.69, 9.17) is 0 Å². The van der Waals surface area contributed by atoms with Crippen LogP contribution in [0.3, 0.4) is 0 Å². The Morgan fingerprint density at radius 2 is 1.67 bits per heavy atom. The maximum atomic E-state index is 10.5. The van der Waals surface area contributed by atoms with Crippen LogP contribution in [0.1, 0.15) is 45.2 Å². The zero-order chi connectivity index (χ0) is 20.7. The predicted octanol–water partition coefficient (Wildman–Crippen LogP) is 6.51. The zero-order valence-corrected chi connectivity index (χ0v) is 16.4. The number of benzene rings is 1. The molecule has 1 aromatic carbocycles. The quantitative estimate of drug-likeness (QED) is 0.327. The SMILES string of the molecule is C=C/C(O)=C(/C/C(=C(/C)O)c1cc(O)ccc1C=C)C(/C=C(\C)O)=C(C)C. The first-order chi connectivity index (χ1) is 12.6. The topological polar surface area (TPSA) is 80.9 Å². The van der Waals surface area contributed by atoms with Crippen LogP contribution in [-0.4, -0.2) is 20.4 Å². The molecule has 0 aliphatic heterocycles. The van der Waals surface area contributed by atoms with Gasteiger partial charge in [-0.1, -0.05) is 30.9 Å². The Balaban J connectivity index is 3.69. The Hall–Kier alpha value is -3.14. The van der Waals surface area contributed by atoms with Crippen molar-refractivity contribution in [2.24, 2.45) is 0 Å². The fourth-order valence-electron chi connectivity index (χ4n) is 2.77. The molecule has 4 N–H and O–H groups in total. The van der Waals surface area contributed by atoms with Gasteiger partial charge in [-0.15, -0.1) is 0 Å². The molecule has 0 unspecified atom stereocenters. The lowest BCUT2D eigenvalue weighted by Crippen LogP contribution is -2.01. The summed E-state index contributed by atoms with van der Waals surface area (Å²) in [6.45, 7) is 14.2. The second-order valence-corrected chi connectivity index (χ2v) is 6.48. The molecule has 0 spiro atoms. The molecule has 4 heteroatoms. The highest BCUT2D eigenvalue weighted by Gasteiger charge is 2.18. The van der Waals surface area contributed by atoms with E-state index in [0.29, 0.717) is 22.3 Å². The summed E-state index contributed by atoms with van der Waals surface area (Å²) in [6, 6.07) is 4.79. The number of phenolic OH excluding ortho intramolecular Hbond substituents is 1. The van der Waals surface area contributed by atoms with Crippen LogP contribution in [0.25, 0.3) is 11.6 Å². The second-order valence-electron chi connectivity index (χ2n) is 6.48. The summed E-state index contributed by atoms with van der Waals surface area (Å²) >= 11 is 0. The Bertz CT molecular complexity index is 852. The number of allylic oxidation sites excluding steroid dienone is 8. The van der Waals surface area contributed by atoms with Crippen molar-refractivity contribution in [2.45, 2.75) is 34.1 Å². The Labute approximate surface area is 161 Å². The zero-order valence-electron chi connectivity index (χ0n) is 16.4. The van der Waals surface area contributed by atoms with Crippen molar-refractivity contribution < 1.29 is 20.4 Å². The lowest BCUT2D eigenvalue weighted by Gasteiger charge is -2.18. The van der Waals surface area contributed by atoms with E-state index in [1.807, 2.05) is 13.8 Å². The van der Waals surface area contributed by atoms with E-state index in [1.54, 1.807) is 44.2 Å². The van der Waals surface area contributed by atoms with Crippen molar-refractivity contribution in [1.29, 1.82) is 0 Å². The molecular weight excluding hydrogens is 340 g/mol. The standard InChI is InChI=1S/C23H28O4/c1-7-17-9-10-18(26)12-21(17)20(16(6)25)13-22(23(27)8-2)19(14(3)4)11-15(5)24/h7-12,24-27H,1-2,13H2,3-6H3/b15-11+,20-16+,23-22+. The van der Waals surface area contributed by atoms with E-state index in [1.165, 1.54) is 6.08 Å². The average Bonchev–Trinajstić information content (AvgIpc) is 2.59. The summed E-state index contributed by atoms with van der Waals surface area (Å²) in [7, 11) is 0. The molecule has 27 heavy (non-hydrogen) atoms. The van der Waals surface area contributed by atoms with Crippen LogP contribution in [0, 0.1) is 0 Å². The molecule has 0 bridgehead atoms. The molecule has 0 fully saturated rings. The summed E-state index contributed by atoms with van der Waals surface area (Å²) in [5, 5.41) is 40.4. The minimum absolute atomic E-state index is 0.0517. The number of aliphatic hydroxyl groups excluding tert-OH is 3. The number of hydrogen-bond acceptors (Lipinski definition) is 4. The first-order valence-corrected chi connectivity index (χ1v) is 8.56. The molecule has 0 aromatic heterocycles. The van der Waals surface area contributed by atoms with E-state index < -0.39 is 0 Å². The first-order valence-electron chi connectivity index (χ1n) is 8.56. The molecule has 0 radical (unpaired) electrons. The van der Waals surface area contributed by atoms with Gasteiger partial charge in [0.05, 0.1) is 11.5 Å². The van der Waals surface area contributed by atoms with Gasteiger partial charge in [-0.3, -0.25) is 0 Å². The molecule has 0 saturated carbocycles. The number of rotatable bonds is 7. The van der Waals surface area contributed by atoms with Crippen LogP contribution in [0.2, 0.25) is 0 Å². The largest absolute Gasteiger partial charge is 0.513 e. The molecule has 0 aliphatic carbocycles. The highest BCUT2D eigenvalue weighted by Crippen LogP contribution is 2.35. The maximum absolute atomic E-state index is 10.5. The molecular formula is C23H28O4. The van der Waals surface area contributed by atoms with Gasteiger partial charge in [-0.2, -0.15) is 0 Å². The van der Waals surface area contributed by atoms with Gasteiger partial charge >= 0.3 is 0 Å². The summed E-state index contributed by atoms with van der Waals surface area (Å²) in [4.78, 5) is 0. The minimum atomic E-state index is -0.0530. The average molecular weight is 368 g/mol. The van der Waals surface area contributed by atoms with Crippen LogP contribution in [0.5, 0.6) is 5.75 Å². The molecule has 0 heterocycles. The van der Waals surface area contributed by atoms with Crippen molar-refractivity contribution in [2.75, 3.05) is 0 Å². The van der Waals surface area contributed by atoms with Crippen LogP contribution < -0.4 is 0 Å². The van der Waals surface area contributed by atoms with Crippen molar-refractivity contribution in [1.82, 2.24) is 0 Å². The highest BCUT2D eigenvalue weighted by molar-refractivity contribution is 5.78. The van der Waals surface area contributed by atoms with Gasteiger partial charge < -0.3 is 20.4 Å². The Morgan fingerprint density at radius 1 is 1.04 bits per heavy atom. The molecule has 1 aromatic rings. The monoisotopic (exact) mass is 368 g/mol. The fourth-order valence-corrected chi connectivity index (χ4v) is 2.77. The third-order valence-electron chi connectivity index (χ3n) is 4.09. The number of phenols is 1. The van der Waals surface area contributed by atoms with Crippen LogP contribution in [-0.2, 0) is 0 Å². The smallest absolute Gasteiger partial charge is 0.119 e. The van der Waals surface area contributed by atoms with Crippen LogP contribution in [0.15, 0.2) is 77.5 Å². The minimum Gasteiger partial charge on any atom is -0.513 e. The third kappa shape index (κ3) is 5.68. The van der Waals surface area contributed by atoms with Crippen molar-refractivity contribution in [3.05, 3.63) is 88.6 Å².